The summed E-state index contributed by atoms with van der Waals surface area (Å²) in [7, 11) is 0. The Labute approximate surface area is 168 Å². The average Bonchev–Trinajstić information content (AvgIpc) is 3.03. The molecule has 1 unspecified atom stereocenters. The molecule has 1 nitrogen and oxygen atoms in total. The van der Waals surface area contributed by atoms with Crippen LogP contribution in [0.1, 0.15) is 29.2 Å². The number of allylic oxidation sites excluding steroid dienone is 3. The fourth-order valence-electron chi connectivity index (χ4n) is 2.51. The average molecular weight is 396 g/mol. The van der Waals surface area contributed by atoms with Crippen LogP contribution >= 0.6 is 0 Å². The van der Waals surface area contributed by atoms with Crippen molar-refractivity contribution in [3.8, 4) is 5.75 Å². The fraction of sp³-hybridized carbons (Fsp3) is 0.217. The molecule has 0 saturated heterocycles. The van der Waals surface area contributed by atoms with E-state index in [4.69, 9.17) is 4.74 Å². The van der Waals surface area contributed by atoms with E-state index in [1.54, 1.807) is 11.8 Å². The van der Waals surface area contributed by atoms with Gasteiger partial charge in [-0.1, -0.05) is 30.4 Å². The van der Waals surface area contributed by atoms with Crippen LogP contribution in [0.5, 0.6) is 5.75 Å². The summed E-state index contributed by atoms with van der Waals surface area (Å²) in [4.78, 5) is 0. The first-order valence-electron chi connectivity index (χ1n) is 9.05. The number of hydrogen-bond donors (Lipinski definition) is 0. The topological polar surface area (TPSA) is 9.23 Å². The van der Waals surface area contributed by atoms with Crippen LogP contribution < -0.4 is 4.74 Å². The summed E-state index contributed by atoms with van der Waals surface area (Å²) in [5, 5.41) is 0. The molecule has 0 spiro atoms. The molecule has 3 rings (SSSR count). The van der Waals surface area contributed by atoms with Gasteiger partial charge in [-0.05, 0) is 31.6 Å². The Hall–Kier alpha value is -1.61. The number of para-hydroxylation sites is 1. The standard InChI is InChI=1S/C12H14O.C9H7.C2H7Si.Ti/c1-10(2)11(3)9-13-12-7-5-4-6-8-12;1-2-5-9-7-3-6-8(9)4-1;1-3-2;/h4-9H,1H2,2-3H3;1-7H;3H,1-2H3;. The van der Waals surface area contributed by atoms with Gasteiger partial charge in [-0.15, -0.1) is 0 Å². The maximum atomic E-state index is 5.41. The third-order valence-corrected chi connectivity index (χ3v) is 10.7. The number of rotatable bonds is 5. The van der Waals surface area contributed by atoms with Gasteiger partial charge in [-0.25, -0.2) is 0 Å². The minimum absolute atomic E-state index is 0.290. The van der Waals surface area contributed by atoms with Gasteiger partial charge in [0.15, 0.2) is 0 Å². The summed E-state index contributed by atoms with van der Waals surface area (Å²) in [5.74, 6) is 0.850. The third kappa shape index (κ3) is 6.60. The Balaban J connectivity index is 0.000000187. The summed E-state index contributed by atoms with van der Waals surface area (Å²) in [6.45, 7) is 12.4. The number of ether oxygens (including phenoxy) is 1. The van der Waals surface area contributed by atoms with Gasteiger partial charge in [0.2, 0.25) is 0 Å². The van der Waals surface area contributed by atoms with E-state index in [9.17, 15) is 0 Å². The molecule has 2 aromatic carbocycles. The van der Waals surface area contributed by atoms with Gasteiger partial charge in [0.1, 0.15) is 5.75 Å². The molecule has 0 fully saturated rings. The number of benzene rings is 2. The van der Waals surface area contributed by atoms with Gasteiger partial charge in [0.25, 0.3) is 0 Å². The summed E-state index contributed by atoms with van der Waals surface area (Å²) < 4.78 is 6.26. The quantitative estimate of drug-likeness (QED) is 0.324. The third-order valence-electron chi connectivity index (χ3n) is 4.10. The van der Waals surface area contributed by atoms with Crippen LogP contribution in [0.4, 0.5) is 0 Å². The van der Waals surface area contributed by atoms with Crippen molar-refractivity contribution < 1.29 is 23.1 Å². The summed E-state index contributed by atoms with van der Waals surface area (Å²) in [6.07, 6.45) is 6.45. The van der Waals surface area contributed by atoms with Crippen molar-refractivity contribution in [3.05, 3.63) is 95.8 Å². The number of hydrogen-bond acceptors (Lipinski definition) is 1. The molecule has 1 aliphatic carbocycles. The van der Waals surface area contributed by atoms with Crippen molar-refractivity contribution in [2.24, 2.45) is 0 Å². The molecular weight excluding hydrogens is 368 g/mol. The van der Waals surface area contributed by atoms with Crippen molar-refractivity contribution in [2.45, 2.75) is 31.2 Å². The van der Waals surface area contributed by atoms with E-state index < -0.39 is 0 Å². The van der Waals surface area contributed by atoms with Crippen molar-refractivity contribution in [1.82, 2.24) is 0 Å². The Kier molecular flexibility index (Phi) is 8.37. The molecule has 0 amide bonds. The zero-order chi connectivity index (χ0) is 18.9. The van der Waals surface area contributed by atoms with E-state index in [1.807, 2.05) is 44.2 Å². The second kappa shape index (κ2) is 10.5. The first-order valence-corrected chi connectivity index (χ1v) is 15.5. The minimum atomic E-state index is -0.309. The second-order valence-corrected chi connectivity index (χ2v) is 17.4. The van der Waals surface area contributed by atoms with E-state index in [1.165, 1.54) is 5.56 Å². The van der Waals surface area contributed by atoms with Crippen LogP contribution in [-0.2, 0) is 18.4 Å². The molecule has 0 bridgehead atoms. The van der Waals surface area contributed by atoms with Crippen molar-refractivity contribution in [1.29, 1.82) is 0 Å². The molecule has 0 radical (unpaired) electrons. The Morgan fingerprint density at radius 3 is 2.35 bits per heavy atom. The van der Waals surface area contributed by atoms with E-state index in [0.29, 0.717) is 18.4 Å². The van der Waals surface area contributed by atoms with E-state index in [-0.39, 0.29) is 6.66 Å². The molecule has 3 heteroatoms. The van der Waals surface area contributed by atoms with Crippen LogP contribution in [0.15, 0.2) is 84.7 Å². The summed E-state index contributed by atoms with van der Waals surface area (Å²) in [6, 6.07) is 18.5. The summed E-state index contributed by atoms with van der Waals surface area (Å²) in [5.41, 5.74) is 5.15. The van der Waals surface area contributed by atoms with E-state index in [2.05, 4.69) is 56.1 Å². The maximum absolute atomic E-state index is 5.41. The van der Waals surface area contributed by atoms with Gasteiger partial charge >= 0.3 is 89.9 Å². The molecule has 1 aliphatic rings. The molecule has 0 heterocycles. The van der Waals surface area contributed by atoms with Crippen molar-refractivity contribution in [3.63, 3.8) is 0 Å². The van der Waals surface area contributed by atoms with E-state index in [0.717, 1.165) is 21.1 Å². The predicted molar refractivity (Wildman–Crippen MR) is 113 cm³/mol. The van der Waals surface area contributed by atoms with Crippen molar-refractivity contribution in [2.75, 3.05) is 0 Å². The van der Waals surface area contributed by atoms with Crippen LogP contribution in [0.25, 0.3) is 6.08 Å². The molecule has 0 N–H and O–H groups in total. The van der Waals surface area contributed by atoms with Gasteiger partial charge < -0.3 is 4.74 Å². The molecule has 0 aliphatic heterocycles. The second-order valence-electron chi connectivity index (χ2n) is 6.80. The Morgan fingerprint density at radius 2 is 1.69 bits per heavy atom. The first-order chi connectivity index (χ1) is 12.5. The van der Waals surface area contributed by atoms with Crippen LogP contribution in [0.2, 0.25) is 13.1 Å². The van der Waals surface area contributed by atoms with Gasteiger partial charge in [0.05, 0.1) is 6.26 Å². The summed E-state index contributed by atoms with van der Waals surface area (Å²) >= 11 is 0.290. The predicted octanol–water partition coefficient (Wildman–Crippen LogP) is 6.37. The molecule has 26 heavy (non-hydrogen) atoms. The monoisotopic (exact) mass is 396 g/mol. The molecule has 1 atom stereocenters. The van der Waals surface area contributed by atoms with Crippen LogP contribution in [-0.4, -0.2) is 6.66 Å². The zero-order valence-corrected chi connectivity index (χ0v) is 18.9. The van der Waals surface area contributed by atoms with Crippen LogP contribution in [0.3, 0.4) is 0 Å². The van der Waals surface area contributed by atoms with Crippen molar-refractivity contribution >= 4 is 12.7 Å². The molecule has 0 saturated carbocycles. The van der Waals surface area contributed by atoms with E-state index >= 15 is 0 Å². The molecule has 2 aromatic rings. The normalized spacial score (nSPS) is 15.1. The fourth-order valence-corrected chi connectivity index (χ4v) is 8.81. The van der Waals surface area contributed by atoms with Gasteiger partial charge in [0, 0.05) is 0 Å². The Morgan fingerprint density at radius 1 is 1.04 bits per heavy atom. The molecule has 0 aromatic heterocycles. The number of fused-ring (bicyclic) bond motifs is 1. The zero-order valence-electron chi connectivity index (χ0n) is 16.2. The van der Waals surface area contributed by atoms with Gasteiger partial charge in [-0.3, -0.25) is 0 Å². The van der Waals surface area contributed by atoms with Gasteiger partial charge in [-0.2, -0.15) is 0 Å². The first kappa shape index (κ1) is 20.7. The Bertz CT molecular complexity index is 778. The van der Waals surface area contributed by atoms with Crippen LogP contribution in [0, 0.1) is 0 Å². The molecule has 134 valence electrons. The SMILES string of the molecule is C=C(C)C(C)=COc1ccccc1.C[SiH](C)[Ti][CH]1C=Cc2ccccc21. The molecular formula is C23H28OSiTi.